The molecule has 5 heteroatoms. The van der Waals surface area contributed by atoms with Gasteiger partial charge in [-0.05, 0) is 74.6 Å². The van der Waals surface area contributed by atoms with Gasteiger partial charge in [0.25, 0.3) is 0 Å². The predicted molar refractivity (Wildman–Crippen MR) is 105 cm³/mol. The second kappa shape index (κ2) is 7.37. The largest absolute Gasteiger partial charge is 0.439 e. The number of anilines is 2. The molecule has 0 bridgehead atoms. The number of rotatable bonds is 5. The fourth-order valence-electron chi connectivity index (χ4n) is 3.59. The first-order valence-electron chi connectivity index (χ1n) is 9.22. The Morgan fingerprint density at radius 3 is 2.56 bits per heavy atom. The molecular weight excluding hydrogens is 338 g/mol. The summed E-state index contributed by atoms with van der Waals surface area (Å²) in [6.45, 7) is 1.90. The van der Waals surface area contributed by atoms with E-state index >= 15 is 0 Å². The molecule has 27 heavy (non-hydrogen) atoms. The summed E-state index contributed by atoms with van der Waals surface area (Å²) >= 11 is 0. The number of ether oxygens (including phenoxy) is 1. The summed E-state index contributed by atoms with van der Waals surface area (Å²) < 4.78 is 6.06. The first-order chi connectivity index (χ1) is 13.1. The van der Waals surface area contributed by atoms with Crippen LogP contribution in [0, 0.1) is 0 Å². The molecule has 0 saturated heterocycles. The second-order valence-electron chi connectivity index (χ2n) is 7.30. The molecule has 4 rings (SSSR count). The van der Waals surface area contributed by atoms with E-state index in [1.165, 1.54) is 0 Å². The minimum atomic E-state index is -0.601. The van der Waals surface area contributed by atoms with E-state index in [0.29, 0.717) is 5.88 Å². The average molecular weight is 361 g/mol. The van der Waals surface area contributed by atoms with Crippen molar-refractivity contribution in [3.05, 3.63) is 72.6 Å². The molecule has 2 N–H and O–H groups in total. The fourth-order valence-corrected chi connectivity index (χ4v) is 3.59. The molecule has 1 aliphatic rings. The number of hydrogen-bond acceptors (Lipinski definition) is 5. The van der Waals surface area contributed by atoms with Crippen molar-refractivity contribution in [2.75, 3.05) is 5.32 Å². The third-order valence-corrected chi connectivity index (χ3v) is 4.96. The van der Waals surface area contributed by atoms with E-state index in [-0.39, 0.29) is 5.92 Å². The van der Waals surface area contributed by atoms with E-state index in [2.05, 4.69) is 15.3 Å². The van der Waals surface area contributed by atoms with E-state index < -0.39 is 5.60 Å². The Kier molecular flexibility index (Phi) is 4.77. The van der Waals surface area contributed by atoms with Crippen molar-refractivity contribution in [3.63, 3.8) is 0 Å². The normalized spacial score (nSPS) is 21.8. The zero-order valence-electron chi connectivity index (χ0n) is 15.3. The fraction of sp³-hybridized carbons (Fsp3) is 0.273. The van der Waals surface area contributed by atoms with Crippen LogP contribution in [0.2, 0.25) is 0 Å². The lowest BCUT2D eigenvalue weighted by atomic mass is 9.96. The van der Waals surface area contributed by atoms with Crippen LogP contribution in [0.4, 0.5) is 11.5 Å². The van der Waals surface area contributed by atoms with Crippen LogP contribution < -0.4 is 10.1 Å². The van der Waals surface area contributed by atoms with Gasteiger partial charge in [0.1, 0.15) is 11.6 Å². The maximum atomic E-state index is 10.3. The molecule has 2 atom stereocenters. The summed E-state index contributed by atoms with van der Waals surface area (Å²) in [6, 6.07) is 17.4. The molecule has 2 unspecified atom stereocenters. The first-order valence-corrected chi connectivity index (χ1v) is 9.22. The zero-order valence-corrected chi connectivity index (χ0v) is 15.3. The van der Waals surface area contributed by atoms with Gasteiger partial charge in [-0.2, -0.15) is 0 Å². The molecule has 1 fully saturated rings. The molecule has 2 heterocycles. The minimum Gasteiger partial charge on any atom is -0.439 e. The van der Waals surface area contributed by atoms with Crippen LogP contribution >= 0.6 is 0 Å². The van der Waals surface area contributed by atoms with Crippen LogP contribution in [0.5, 0.6) is 11.6 Å². The van der Waals surface area contributed by atoms with Gasteiger partial charge in [-0.15, -0.1) is 0 Å². The maximum Gasteiger partial charge on any atom is 0.222 e. The van der Waals surface area contributed by atoms with Crippen LogP contribution in [0.15, 0.2) is 67.0 Å². The smallest absolute Gasteiger partial charge is 0.222 e. The molecule has 0 spiro atoms. The van der Waals surface area contributed by atoms with Gasteiger partial charge in [-0.3, -0.25) is 0 Å². The molecule has 0 aliphatic heterocycles. The van der Waals surface area contributed by atoms with Gasteiger partial charge >= 0.3 is 0 Å². The lowest BCUT2D eigenvalue weighted by molar-refractivity contribution is 0.0664. The summed E-state index contributed by atoms with van der Waals surface area (Å²) in [6.07, 6.45) is 5.98. The third-order valence-electron chi connectivity index (χ3n) is 4.96. The van der Waals surface area contributed by atoms with Crippen molar-refractivity contribution in [1.29, 1.82) is 0 Å². The Balaban J connectivity index is 1.48. The monoisotopic (exact) mass is 361 g/mol. The molecule has 0 amide bonds. The van der Waals surface area contributed by atoms with Gasteiger partial charge in [0.2, 0.25) is 5.88 Å². The van der Waals surface area contributed by atoms with E-state index in [9.17, 15) is 5.11 Å². The molecule has 1 aliphatic carbocycles. The van der Waals surface area contributed by atoms with Crippen LogP contribution in [0.3, 0.4) is 0 Å². The van der Waals surface area contributed by atoms with Crippen LogP contribution in [-0.4, -0.2) is 20.7 Å². The number of aromatic nitrogens is 2. The molecule has 1 aromatic carbocycles. The van der Waals surface area contributed by atoms with Crippen molar-refractivity contribution in [3.8, 4) is 11.6 Å². The number of nitrogens with one attached hydrogen (secondary N) is 1. The number of benzene rings is 1. The maximum absolute atomic E-state index is 10.3. The van der Waals surface area contributed by atoms with E-state index in [1.807, 2.05) is 61.5 Å². The van der Waals surface area contributed by atoms with E-state index in [1.54, 1.807) is 12.4 Å². The van der Waals surface area contributed by atoms with Crippen LogP contribution in [-0.2, 0) is 0 Å². The summed E-state index contributed by atoms with van der Waals surface area (Å²) in [5.41, 5.74) is 1.40. The van der Waals surface area contributed by atoms with Crippen molar-refractivity contribution in [1.82, 2.24) is 9.97 Å². The Bertz CT molecular complexity index is 895. The Hall–Kier alpha value is -2.92. The van der Waals surface area contributed by atoms with Crippen molar-refractivity contribution in [2.45, 2.75) is 37.7 Å². The minimum absolute atomic E-state index is 0.272. The molecule has 2 aromatic heterocycles. The molecular formula is C22H23N3O2. The molecule has 0 radical (unpaired) electrons. The van der Waals surface area contributed by atoms with Crippen molar-refractivity contribution >= 4 is 11.5 Å². The quantitative estimate of drug-likeness (QED) is 0.667. The zero-order chi connectivity index (χ0) is 18.7. The predicted octanol–water partition coefficient (Wildman–Crippen LogP) is 5.03. The molecule has 5 nitrogen and oxygen atoms in total. The Labute approximate surface area is 159 Å². The summed E-state index contributed by atoms with van der Waals surface area (Å²) in [5.74, 6) is 2.41. The first kappa shape index (κ1) is 17.5. The molecule has 3 aromatic rings. The highest BCUT2D eigenvalue weighted by molar-refractivity contribution is 5.57. The lowest BCUT2D eigenvalue weighted by Crippen LogP contribution is -2.18. The number of aliphatic hydroxyl groups is 1. The number of nitrogens with zero attached hydrogens (tertiary/aromatic N) is 2. The van der Waals surface area contributed by atoms with Crippen molar-refractivity contribution < 1.29 is 9.84 Å². The average Bonchev–Trinajstić information content (AvgIpc) is 3.04. The van der Waals surface area contributed by atoms with Gasteiger partial charge in [0.05, 0.1) is 5.60 Å². The van der Waals surface area contributed by atoms with Gasteiger partial charge in [-0.1, -0.05) is 12.1 Å². The SMILES string of the molecule is CC1(O)CCC(c2cccnc2Oc2ccc(Nc3ccccn3)cc2)C1. The van der Waals surface area contributed by atoms with Gasteiger partial charge in [0.15, 0.2) is 0 Å². The highest BCUT2D eigenvalue weighted by atomic mass is 16.5. The summed E-state index contributed by atoms with van der Waals surface area (Å²) in [4.78, 5) is 8.69. The van der Waals surface area contributed by atoms with E-state index in [0.717, 1.165) is 42.1 Å². The highest BCUT2D eigenvalue weighted by Gasteiger charge is 2.35. The van der Waals surface area contributed by atoms with Gasteiger partial charge in [0, 0.05) is 23.6 Å². The molecule has 138 valence electrons. The lowest BCUT2D eigenvalue weighted by Gasteiger charge is -2.18. The number of pyridine rings is 2. The second-order valence-corrected chi connectivity index (χ2v) is 7.30. The van der Waals surface area contributed by atoms with Crippen molar-refractivity contribution in [2.24, 2.45) is 0 Å². The number of hydrogen-bond donors (Lipinski definition) is 2. The standard InChI is InChI=1S/C22H23N3O2/c1-22(26)12-11-16(15-22)19-5-4-14-24-21(19)27-18-9-7-17(8-10-18)25-20-6-2-3-13-23-20/h2-10,13-14,16,26H,11-12,15H2,1H3,(H,23,25). The summed E-state index contributed by atoms with van der Waals surface area (Å²) in [5, 5.41) is 13.5. The third kappa shape index (κ3) is 4.26. The van der Waals surface area contributed by atoms with Crippen LogP contribution in [0.25, 0.3) is 0 Å². The highest BCUT2D eigenvalue weighted by Crippen LogP contribution is 2.43. The van der Waals surface area contributed by atoms with Gasteiger partial charge < -0.3 is 15.2 Å². The topological polar surface area (TPSA) is 67.3 Å². The van der Waals surface area contributed by atoms with E-state index in [4.69, 9.17) is 4.74 Å². The summed E-state index contributed by atoms with van der Waals surface area (Å²) in [7, 11) is 0. The molecule has 1 saturated carbocycles. The Morgan fingerprint density at radius 1 is 1.04 bits per heavy atom. The Morgan fingerprint density at radius 2 is 1.85 bits per heavy atom. The van der Waals surface area contributed by atoms with Crippen LogP contribution in [0.1, 0.15) is 37.7 Å². The van der Waals surface area contributed by atoms with Gasteiger partial charge in [-0.25, -0.2) is 9.97 Å².